The van der Waals surface area contributed by atoms with Gasteiger partial charge in [-0.1, -0.05) is 78.4 Å². The molecule has 4 aromatic rings. The quantitative estimate of drug-likeness (QED) is 0.341. The van der Waals surface area contributed by atoms with E-state index < -0.39 is 9.84 Å². The van der Waals surface area contributed by atoms with Gasteiger partial charge in [-0.15, -0.1) is 0 Å². The number of aromatic nitrogens is 1. The summed E-state index contributed by atoms with van der Waals surface area (Å²) >= 11 is 0. The maximum atomic E-state index is 13.4. The number of hydrogen-bond donors (Lipinski definition) is 0. The molecule has 0 aliphatic carbocycles. The number of likely N-dealkylation sites (tertiary alicyclic amines) is 1. The lowest BCUT2D eigenvalue weighted by molar-refractivity contribution is -0.133. The van der Waals surface area contributed by atoms with Crippen molar-refractivity contribution in [1.29, 1.82) is 0 Å². The molecule has 5 nitrogen and oxygen atoms in total. The van der Waals surface area contributed by atoms with Crippen LogP contribution < -0.4 is 0 Å². The van der Waals surface area contributed by atoms with Crippen LogP contribution in [-0.2, 0) is 33.4 Å². The van der Waals surface area contributed by atoms with Crippen LogP contribution in [0.25, 0.3) is 10.9 Å². The second-order valence-electron chi connectivity index (χ2n) is 9.90. The summed E-state index contributed by atoms with van der Waals surface area (Å²) in [6, 6.07) is 25.5. The van der Waals surface area contributed by atoms with E-state index in [-0.39, 0.29) is 23.1 Å². The van der Waals surface area contributed by atoms with E-state index in [9.17, 15) is 13.2 Å². The molecule has 0 spiro atoms. The Labute approximate surface area is 213 Å². The number of amides is 1. The summed E-state index contributed by atoms with van der Waals surface area (Å²) in [6.07, 6.45) is 4.67. The van der Waals surface area contributed by atoms with Crippen LogP contribution in [0.4, 0.5) is 0 Å². The van der Waals surface area contributed by atoms with E-state index in [1.165, 1.54) is 5.56 Å². The van der Waals surface area contributed by atoms with E-state index in [0.29, 0.717) is 11.3 Å². The van der Waals surface area contributed by atoms with Gasteiger partial charge in [0.1, 0.15) is 6.54 Å². The summed E-state index contributed by atoms with van der Waals surface area (Å²) in [5.41, 5.74) is 3.97. The van der Waals surface area contributed by atoms with Crippen LogP contribution in [-0.4, -0.2) is 36.9 Å². The molecule has 0 saturated carbocycles. The SMILES string of the molecule is Cc1ccc(CS(=O)(=O)c2cn(CC(=O)N3CCC(Cc4ccccc4)CC3)c3ccccc23)cc1. The van der Waals surface area contributed by atoms with Gasteiger partial charge < -0.3 is 9.47 Å². The minimum atomic E-state index is -3.58. The van der Waals surface area contributed by atoms with E-state index in [4.69, 9.17) is 0 Å². The van der Waals surface area contributed by atoms with E-state index in [2.05, 4.69) is 24.3 Å². The third-order valence-electron chi connectivity index (χ3n) is 7.20. The smallest absolute Gasteiger partial charge is 0.242 e. The van der Waals surface area contributed by atoms with Crippen LogP contribution in [0.5, 0.6) is 0 Å². The van der Waals surface area contributed by atoms with E-state index in [1.807, 2.05) is 66.4 Å². The first-order valence-electron chi connectivity index (χ1n) is 12.6. The molecule has 186 valence electrons. The number of fused-ring (bicyclic) bond motifs is 1. The predicted octanol–water partition coefficient (Wildman–Crippen LogP) is 5.40. The van der Waals surface area contributed by atoms with Crippen LogP contribution in [0.15, 0.2) is 90.0 Å². The average Bonchev–Trinajstić information content (AvgIpc) is 3.26. The Hall–Kier alpha value is -3.38. The first-order valence-corrected chi connectivity index (χ1v) is 14.2. The highest BCUT2D eigenvalue weighted by Crippen LogP contribution is 2.29. The fourth-order valence-corrected chi connectivity index (χ4v) is 6.74. The molecule has 1 amide bonds. The van der Waals surface area contributed by atoms with Gasteiger partial charge in [-0.3, -0.25) is 4.79 Å². The van der Waals surface area contributed by atoms with Crippen molar-refractivity contribution in [1.82, 2.24) is 9.47 Å². The standard InChI is InChI=1S/C30H32N2O3S/c1-23-11-13-26(14-12-23)22-36(34,35)29-20-32(28-10-6-5-9-27(28)29)21-30(33)31-17-15-25(16-18-31)19-24-7-3-2-4-8-24/h2-14,20,25H,15-19,21-22H2,1H3. The van der Waals surface area contributed by atoms with Crippen molar-refractivity contribution in [2.45, 2.75) is 43.4 Å². The summed E-state index contributed by atoms with van der Waals surface area (Å²) in [4.78, 5) is 15.4. The molecule has 0 bridgehead atoms. The van der Waals surface area contributed by atoms with Crippen molar-refractivity contribution in [2.24, 2.45) is 5.92 Å². The molecule has 0 atom stereocenters. The van der Waals surface area contributed by atoms with Crippen LogP contribution >= 0.6 is 0 Å². The normalized spacial score (nSPS) is 14.9. The molecule has 1 aromatic heterocycles. The molecule has 0 radical (unpaired) electrons. The Morgan fingerprint density at radius 3 is 2.25 bits per heavy atom. The van der Waals surface area contributed by atoms with Gasteiger partial charge in [0.15, 0.2) is 9.84 Å². The molecule has 2 heterocycles. The number of aryl methyl sites for hydroxylation is 1. The first-order chi connectivity index (χ1) is 17.4. The maximum Gasteiger partial charge on any atom is 0.242 e. The Morgan fingerprint density at radius 2 is 1.53 bits per heavy atom. The highest BCUT2D eigenvalue weighted by atomic mass is 32.2. The number of carbonyl (C=O) groups excluding carboxylic acids is 1. The average molecular weight is 501 g/mol. The first kappa shape index (κ1) is 24.3. The summed E-state index contributed by atoms with van der Waals surface area (Å²) in [5, 5.41) is 0.666. The number of carbonyl (C=O) groups is 1. The van der Waals surface area contributed by atoms with E-state index in [1.54, 1.807) is 10.8 Å². The Kier molecular flexibility index (Phi) is 6.97. The largest absolute Gasteiger partial charge is 0.341 e. The summed E-state index contributed by atoms with van der Waals surface area (Å²) in [7, 11) is -3.58. The van der Waals surface area contributed by atoms with Crippen molar-refractivity contribution in [3.8, 4) is 0 Å². The van der Waals surface area contributed by atoms with Crippen LogP contribution in [0, 0.1) is 12.8 Å². The molecule has 0 unspecified atom stereocenters. The molecule has 5 rings (SSSR count). The van der Waals surface area contributed by atoms with Gasteiger partial charge in [0.2, 0.25) is 5.91 Å². The molecular formula is C30H32N2O3S. The number of hydrogen-bond acceptors (Lipinski definition) is 3. The predicted molar refractivity (Wildman–Crippen MR) is 143 cm³/mol. The summed E-state index contributed by atoms with van der Waals surface area (Å²) in [6.45, 7) is 3.61. The number of para-hydroxylation sites is 1. The Bertz CT molecular complexity index is 1450. The topological polar surface area (TPSA) is 59.4 Å². The van der Waals surface area contributed by atoms with E-state index >= 15 is 0 Å². The van der Waals surface area contributed by atoms with Gasteiger partial charge in [0, 0.05) is 30.2 Å². The van der Waals surface area contributed by atoms with Gasteiger partial charge in [0.05, 0.1) is 10.6 Å². The third kappa shape index (κ3) is 5.39. The van der Waals surface area contributed by atoms with Gasteiger partial charge >= 0.3 is 0 Å². The van der Waals surface area contributed by atoms with Gasteiger partial charge in [-0.25, -0.2) is 8.42 Å². The highest BCUT2D eigenvalue weighted by Gasteiger charge is 2.26. The van der Waals surface area contributed by atoms with Gasteiger partial charge in [-0.05, 0) is 49.3 Å². The lowest BCUT2D eigenvalue weighted by atomic mass is 9.90. The van der Waals surface area contributed by atoms with Crippen LogP contribution in [0.3, 0.4) is 0 Å². The maximum absolute atomic E-state index is 13.4. The number of sulfone groups is 1. The van der Waals surface area contributed by atoms with Crippen LogP contribution in [0.1, 0.15) is 29.5 Å². The number of nitrogens with zero attached hydrogens (tertiary/aromatic N) is 2. The Morgan fingerprint density at radius 1 is 0.861 bits per heavy atom. The third-order valence-corrected chi connectivity index (χ3v) is 8.91. The molecule has 36 heavy (non-hydrogen) atoms. The zero-order valence-electron chi connectivity index (χ0n) is 20.6. The second kappa shape index (κ2) is 10.3. The van der Waals surface area contributed by atoms with Crippen molar-refractivity contribution < 1.29 is 13.2 Å². The van der Waals surface area contributed by atoms with Crippen molar-refractivity contribution in [2.75, 3.05) is 13.1 Å². The Balaban J connectivity index is 1.30. The molecular weight excluding hydrogens is 468 g/mol. The van der Waals surface area contributed by atoms with E-state index in [0.717, 1.165) is 49.0 Å². The molecule has 3 aromatic carbocycles. The number of rotatable bonds is 7. The van der Waals surface area contributed by atoms with Gasteiger partial charge in [-0.2, -0.15) is 0 Å². The lowest BCUT2D eigenvalue weighted by Crippen LogP contribution is -2.40. The number of piperidine rings is 1. The summed E-state index contributed by atoms with van der Waals surface area (Å²) in [5.74, 6) is 0.559. The molecule has 0 N–H and O–H groups in total. The zero-order chi connectivity index (χ0) is 25.1. The number of benzene rings is 3. The van der Waals surface area contributed by atoms with Crippen molar-refractivity contribution >= 4 is 26.6 Å². The molecule has 1 saturated heterocycles. The second-order valence-corrected chi connectivity index (χ2v) is 11.9. The highest BCUT2D eigenvalue weighted by molar-refractivity contribution is 7.90. The minimum absolute atomic E-state index is 0.0383. The van der Waals surface area contributed by atoms with Gasteiger partial charge in [0.25, 0.3) is 0 Å². The van der Waals surface area contributed by atoms with Crippen molar-refractivity contribution in [3.05, 3.63) is 102 Å². The van der Waals surface area contributed by atoms with Crippen LogP contribution in [0.2, 0.25) is 0 Å². The lowest BCUT2D eigenvalue weighted by Gasteiger charge is -2.32. The zero-order valence-corrected chi connectivity index (χ0v) is 21.5. The fraction of sp³-hybridized carbons (Fsp3) is 0.300. The summed E-state index contributed by atoms with van der Waals surface area (Å²) < 4.78 is 28.6. The monoisotopic (exact) mass is 500 g/mol. The molecule has 1 fully saturated rings. The fourth-order valence-electron chi connectivity index (χ4n) is 5.15. The molecule has 1 aliphatic rings. The van der Waals surface area contributed by atoms with Crippen molar-refractivity contribution in [3.63, 3.8) is 0 Å². The molecule has 6 heteroatoms. The minimum Gasteiger partial charge on any atom is -0.341 e. The molecule has 1 aliphatic heterocycles.